The van der Waals surface area contributed by atoms with Crippen molar-refractivity contribution in [1.82, 2.24) is 9.88 Å². The lowest BCUT2D eigenvalue weighted by Crippen LogP contribution is -2.53. The SMILES string of the molecule is COc1ccccc1NC(=O)CC(=O)Nc1ccc(Oc2ccnc3cc(C(=O)N4CC(O)C4)sc23)c(F)c1. The Hall–Kier alpha value is -4.55. The standard InChI is InChI=1S/C27H23FN4O6S/c1-37-21-5-3-2-4-18(21)31-25(35)12-24(34)30-15-6-7-20(17(28)10-15)38-22-8-9-29-19-11-23(39-26(19)22)27(36)32-13-16(33)14-32/h2-11,16,33H,12-14H2,1H3,(H,30,34)(H,31,35). The molecule has 3 heterocycles. The number of ether oxygens (including phenoxy) is 2. The van der Waals surface area contributed by atoms with Gasteiger partial charge >= 0.3 is 0 Å². The number of fused-ring (bicyclic) bond motifs is 1. The van der Waals surface area contributed by atoms with Gasteiger partial charge in [-0.2, -0.15) is 0 Å². The highest BCUT2D eigenvalue weighted by atomic mass is 32.1. The number of carbonyl (C=O) groups is 3. The molecule has 0 spiro atoms. The number of β-amino-alcohol motifs (C(OH)–C–C–N with tert-alkyl or cyclic N) is 1. The van der Waals surface area contributed by atoms with Crippen LogP contribution in [0.15, 0.2) is 60.8 Å². The highest BCUT2D eigenvalue weighted by Gasteiger charge is 2.30. The Kier molecular flexibility index (Phi) is 7.39. The number of nitrogens with zero attached hydrogens (tertiary/aromatic N) is 2. The molecule has 0 radical (unpaired) electrons. The van der Waals surface area contributed by atoms with E-state index < -0.39 is 30.2 Å². The number of aliphatic hydroxyl groups is 1. The molecule has 39 heavy (non-hydrogen) atoms. The number of nitrogens with one attached hydrogen (secondary N) is 2. The zero-order valence-electron chi connectivity index (χ0n) is 20.6. The number of pyridine rings is 1. The van der Waals surface area contributed by atoms with E-state index in [0.29, 0.717) is 32.3 Å². The lowest BCUT2D eigenvalue weighted by molar-refractivity contribution is -0.123. The fourth-order valence-electron chi connectivity index (χ4n) is 3.95. The lowest BCUT2D eigenvalue weighted by atomic mass is 10.1. The van der Waals surface area contributed by atoms with Gasteiger partial charge in [0.25, 0.3) is 5.91 Å². The normalized spacial score (nSPS) is 13.1. The van der Waals surface area contributed by atoms with Crippen molar-refractivity contribution in [3.05, 3.63) is 71.5 Å². The molecule has 0 bridgehead atoms. The number of methoxy groups -OCH3 is 1. The monoisotopic (exact) mass is 550 g/mol. The summed E-state index contributed by atoms with van der Waals surface area (Å²) < 4.78 is 26.4. The molecule has 0 unspecified atom stereocenters. The molecule has 1 aliphatic rings. The number of para-hydroxylation sites is 2. The van der Waals surface area contributed by atoms with Gasteiger partial charge in [-0.25, -0.2) is 4.39 Å². The average Bonchev–Trinajstić information content (AvgIpc) is 3.33. The number of rotatable bonds is 8. The van der Waals surface area contributed by atoms with Gasteiger partial charge in [0.1, 0.15) is 17.9 Å². The van der Waals surface area contributed by atoms with E-state index >= 15 is 0 Å². The Morgan fingerprint density at radius 2 is 1.82 bits per heavy atom. The molecule has 4 aromatic rings. The van der Waals surface area contributed by atoms with Gasteiger partial charge in [-0.05, 0) is 30.3 Å². The van der Waals surface area contributed by atoms with E-state index in [1.165, 1.54) is 41.7 Å². The molecule has 200 valence electrons. The lowest BCUT2D eigenvalue weighted by Gasteiger charge is -2.35. The van der Waals surface area contributed by atoms with Gasteiger partial charge in [0, 0.05) is 37.1 Å². The maximum atomic E-state index is 14.9. The maximum absolute atomic E-state index is 14.9. The van der Waals surface area contributed by atoms with Crippen LogP contribution in [0.25, 0.3) is 10.2 Å². The van der Waals surface area contributed by atoms with Crippen LogP contribution in [0.4, 0.5) is 15.8 Å². The van der Waals surface area contributed by atoms with Crippen LogP contribution in [-0.2, 0) is 9.59 Å². The van der Waals surface area contributed by atoms with Gasteiger partial charge in [-0.1, -0.05) is 12.1 Å². The largest absolute Gasteiger partial charge is 0.495 e. The number of halogens is 1. The minimum atomic E-state index is -0.737. The Morgan fingerprint density at radius 1 is 1.05 bits per heavy atom. The quantitative estimate of drug-likeness (QED) is 0.283. The third-order valence-corrected chi connectivity index (χ3v) is 7.00. The molecule has 2 aromatic carbocycles. The first kappa shape index (κ1) is 26.1. The van der Waals surface area contributed by atoms with Crippen LogP contribution in [0.5, 0.6) is 17.2 Å². The number of aromatic nitrogens is 1. The number of thiophene rings is 1. The number of hydrogen-bond donors (Lipinski definition) is 3. The van der Waals surface area contributed by atoms with E-state index in [0.717, 1.165) is 6.07 Å². The van der Waals surface area contributed by atoms with Crippen molar-refractivity contribution < 1.29 is 33.4 Å². The van der Waals surface area contributed by atoms with Gasteiger partial charge in [0.05, 0.1) is 34.0 Å². The number of benzene rings is 2. The van der Waals surface area contributed by atoms with Crippen LogP contribution < -0.4 is 20.1 Å². The summed E-state index contributed by atoms with van der Waals surface area (Å²) in [6.07, 6.45) is 0.503. The second-order valence-corrected chi connectivity index (χ2v) is 9.77. The van der Waals surface area contributed by atoms with Crippen molar-refractivity contribution in [2.24, 2.45) is 0 Å². The number of amides is 3. The van der Waals surface area contributed by atoms with Gasteiger partial charge in [-0.3, -0.25) is 19.4 Å². The molecule has 12 heteroatoms. The summed E-state index contributed by atoms with van der Waals surface area (Å²) in [4.78, 5) is 43.5. The minimum absolute atomic E-state index is 0.0958. The molecule has 10 nitrogen and oxygen atoms in total. The second-order valence-electron chi connectivity index (χ2n) is 8.72. The first-order valence-electron chi connectivity index (χ1n) is 11.9. The Morgan fingerprint density at radius 3 is 2.56 bits per heavy atom. The highest BCUT2D eigenvalue weighted by molar-refractivity contribution is 7.21. The third kappa shape index (κ3) is 5.81. The van der Waals surface area contributed by atoms with Crippen LogP contribution in [0.3, 0.4) is 0 Å². The van der Waals surface area contributed by atoms with Crippen molar-refractivity contribution in [3.8, 4) is 17.2 Å². The summed E-state index contributed by atoms with van der Waals surface area (Å²) >= 11 is 1.17. The van der Waals surface area contributed by atoms with Crippen molar-refractivity contribution in [3.63, 3.8) is 0 Å². The molecule has 1 saturated heterocycles. The molecule has 2 aromatic heterocycles. The fourth-order valence-corrected chi connectivity index (χ4v) is 4.98. The van der Waals surface area contributed by atoms with Gasteiger partial charge in [0.2, 0.25) is 11.8 Å². The number of carbonyl (C=O) groups excluding carboxylic acids is 3. The average molecular weight is 551 g/mol. The van der Waals surface area contributed by atoms with Gasteiger partial charge in [0.15, 0.2) is 11.6 Å². The first-order valence-corrected chi connectivity index (χ1v) is 12.7. The van der Waals surface area contributed by atoms with Crippen molar-refractivity contribution >= 4 is 50.6 Å². The summed E-state index contributed by atoms with van der Waals surface area (Å²) in [5.41, 5.74) is 1.10. The molecular weight excluding hydrogens is 527 g/mol. The number of hydrogen-bond acceptors (Lipinski definition) is 8. The van der Waals surface area contributed by atoms with E-state index in [1.807, 2.05) is 0 Å². The molecule has 0 atom stereocenters. The van der Waals surface area contributed by atoms with E-state index in [4.69, 9.17) is 9.47 Å². The van der Waals surface area contributed by atoms with E-state index in [1.54, 1.807) is 36.4 Å². The molecule has 3 amide bonds. The van der Waals surface area contributed by atoms with Crippen LogP contribution in [0.2, 0.25) is 0 Å². The number of aliphatic hydroxyl groups excluding tert-OH is 1. The summed E-state index contributed by atoms with van der Waals surface area (Å²) in [6.45, 7) is 0.564. The molecule has 1 aliphatic heterocycles. The highest BCUT2D eigenvalue weighted by Crippen LogP contribution is 2.37. The number of likely N-dealkylation sites (tertiary alicyclic amines) is 1. The van der Waals surface area contributed by atoms with Crippen molar-refractivity contribution in [2.45, 2.75) is 12.5 Å². The fraction of sp³-hybridized carbons (Fsp3) is 0.185. The zero-order valence-corrected chi connectivity index (χ0v) is 21.5. The van der Waals surface area contributed by atoms with Gasteiger partial charge < -0.3 is 30.1 Å². The number of anilines is 2. The van der Waals surface area contributed by atoms with Crippen molar-refractivity contribution in [2.75, 3.05) is 30.8 Å². The van der Waals surface area contributed by atoms with E-state index in [-0.39, 0.29) is 30.4 Å². The second kappa shape index (κ2) is 11.1. The summed E-state index contributed by atoms with van der Waals surface area (Å²) in [5, 5.41) is 14.6. The maximum Gasteiger partial charge on any atom is 0.264 e. The van der Waals surface area contributed by atoms with E-state index in [9.17, 15) is 23.9 Å². The molecule has 0 aliphatic carbocycles. The molecule has 0 saturated carbocycles. The predicted molar refractivity (Wildman–Crippen MR) is 143 cm³/mol. The predicted octanol–water partition coefficient (Wildman–Crippen LogP) is 4.02. The van der Waals surface area contributed by atoms with Crippen LogP contribution >= 0.6 is 11.3 Å². The smallest absolute Gasteiger partial charge is 0.264 e. The molecular formula is C27H23FN4O6S. The van der Waals surface area contributed by atoms with Crippen molar-refractivity contribution in [1.29, 1.82) is 0 Å². The summed E-state index contributed by atoms with van der Waals surface area (Å²) in [6, 6.07) is 13.9. The summed E-state index contributed by atoms with van der Waals surface area (Å²) in [5.74, 6) is -1.46. The van der Waals surface area contributed by atoms with Gasteiger partial charge in [-0.15, -0.1) is 11.3 Å². The van der Waals surface area contributed by atoms with Crippen LogP contribution in [0.1, 0.15) is 16.1 Å². The Labute approximate surface area is 226 Å². The summed E-state index contributed by atoms with van der Waals surface area (Å²) in [7, 11) is 1.47. The molecule has 3 N–H and O–H groups in total. The topological polar surface area (TPSA) is 130 Å². The molecule has 1 fully saturated rings. The molecule has 5 rings (SSSR count). The van der Waals surface area contributed by atoms with Crippen LogP contribution in [-0.4, -0.2) is 59.0 Å². The first-order chi connectivity index (χ1) is 18.8. The van der Waals surface area contributed by atoms with Crippen LogP contribution in [0, 0.1) is 5.82 Å². The van der Waals surface area contributed by atoms with E-state index in [2.05, 4.69) is 15.6 Å². The zero-order chi connectivity index (χ0) is 27.5. The third-order valence-electron chi connectivity index (χ3n) is 5.87. The Balaban J connectivity index is 1.23. The minimum Gasteiger partial charge on any atom is -0.495 e. The Bertz CT molecular complexity index is 1570.